The first kappa shape index (κ1) is 11.1. The molecule has 0 N–H and O–H groups in total. The molecule has 0 radical (unpaired) electrons. The van der Waals surface area contributed by atoms with E-state index in [9.17, 15) is 4.79 Å². The molecule has 1 saturated carbocycles. The molecule has 1 aromatic heterocycles. The summed E-state index contributed by atoms with van der Waals surface area (Å²) in [6.45, 7) is 4.25. The Kier molecular flexibility index (Phi) is 2.95. The molecular formula is C13H18N2O. The van der Waals surface area contributed by atoms with Crippen molar-refractivity contribution in [2.75, 3.05) is 11.9 Å². The number of carbonyl (C=O) groups is 1. The summed E-state index contributed by atoms with van der Waals surface area (Å²) in [5.74, 6) is 1.81. The monoisotopic (exact) mass is 218 g/mol. The number of rotatable bonds is 4. The fraction of sp³-hybridized carbons (Fsp3) is 0.538. The van der Waals surface area contributed by atoms with Gasteiger partial charge in [0.05, 0.1) is 0 Å². The summed E-state index contributed by atoms with van der Waals surface area (Å²) in [6.07, 6.45) is 5.15. The summed E-state index contributed by atoms with van der Waals surface area (Å²) in [4.78, 5) is 17.2. The van der Waals surface area contributed by atoms with Gasteiger partial charge in [-0.3, -0.25) is 4.79 Å². The van der Waals surface area contributed by atoms with Crippen LogP contribution >= 0.6 is 0 Å². The third-order valence-electron chi connectivity index (χ3n) is 3.46. The lowest BCUT2D eigenvalue weighted by Crippen LogP contribution is -2.31. The van der Waals surface area contributed by atoms with Gasteiger partial charge in [-0.1, -0.05) is 0 Å². The molecule has 0 amide bonds. The normalized spacial score (nSPS) is 16.9. The van der Waals surface area contributed by atoms with Crippen LogP contribution in [0.1, 0.15) is 35.7 Å². The topological polar surface area (TPSA) is 33.2 Å². The van der Waals surface area contributed by atoms with Crippen molar-refractivity contribution >= 4 is 12.1 Å². The Morgan fingerprint density at radius 2 is 2.25 bits per heavy atom. The van der Waals surface area contributed by atoms with Crippen molar-refractivity contribution in [3.05, 3.63) is 23.4 Å². The van der Waals surface area contributed by atoms with Gasteiger partial charge in [0.25, 0.3) is 0 Å². The average molecular weight is 218 g/mol. The number of hydrogen-bond acceptors (Lipinski definition) is 3. The van der Waals surface area contributed by atoms with Gasteiger partial charge < -0.3 is 4.90 Å². The molecule has 86 valence electrons. The van der Waals surface area contributed by atoms with Crippen LogP contribution in [-0.2, 0) is 0 Å². The highest BCUT2D eigenvalue weighted by Crippen LogP contribution is 2.36. The number of hydrogen-bond donors (Lipinski definition) is 0. The molecule has 0 saturated heterocycles. The summed E-state index contributed by atoms with van der Waals surface area (Å²) in [6, 6.07) is 2.43. The summed E-state index contributed by atoms with van der Waals surface area (Å²) in [7, 11) is 2.08. The third kappa shape index (κ3) is 2.08. The van der Waals surface area contributed by atoms with Gasteiger partial charge in [-0.25, -0.2) is 4.98 Å². The molecule has 1 aliphatic rings. The highest BCUT2D eigenvalue weighted by molar-refractivity contribution is 5.75. The molecule has 1 aromatic rings. The lowest BCUT2D eigenvalue weighted by Gasteiger charge is -2.27. The number of anilines is 1. The first-order valence-corrected chi connectivity index (χ1v) is 5.78. The van der Waals surface area contributed by atoms with Crippen molar-refractivity contribution in [1.29, 1.82) is 0 Å². The molecule has 16 heavy (non-hydrogen) atoms. The van der Waals surface area contributed by atoms with Gasteiger partial charge in [0.15, 0.2) is 6.29 Å². The first-order chi connectivity index (χ1) is 7.63. The van der Waals surface area contributed by atoms with E-state index in [4.69, 9.17) is 0 Å². The quantitative estimate of drug-likeness (QED) is 0.728. The molecule has 1 heterocycles. The Bertz CT molecular complexity index is 399. The number of carbonyl (C=O) groups excluding carboxylic acids is 1. The Morgan fingerprint density at radius 1 is 1.56 bits per heavy atom. The van der Waals surface area contributed by atoms with E-state index in [1.165, 1.54) is 12.8 Å². The van der Waals surface area contributed by atoms with Crippen LogP contribution in [0.3, 0.4) is 0 Å². The van der Waals surface area contributed by atoms with Crippen LogP contribution in [0.4, 0.5) is 5.82 Å². The van der Waals surface area contributed by atoms with Crippen LogP contribution in [0, 0.1) is 12.8 Å². The van der Waals surface area contributed by atoms with E-state index in [0.717, 1.165) is 23.6 Å². The summed E-state index contributed by atoms with van der Waals surface area (Å²) >= 11 is 0. The number of nitrogens with zero attached hydrogens (tertiary/aromatic N) is 2. The third-order valence-corrected chi connectivity index (χ3v) is 3.46. The van der Waals surface area contributed by atoms with Crippen LogP contribution in [-0.4, -0.2) is 24.4 Å². The average Bonchev–Trinajstić information content (AvgIpc) is 3.10. The zero-order valence-electron chi connectivity index (χ0n) is 10.1. The van der Waals surface area contributed by atoms with Gasteiger partial charge in [-0.15, -0.1) is 0 Å². The minimum atomic E-state index is 0.535. The fourth-order valence-corrected chi connectivity index (χ4v) is 2.11. The van der Waals surface area contributed by atoms with Crippen LogP contribution in [0.2, 0.25) is 0 Å². The molecule has 2 rings (SSSR count). The van der Waals surface area contributed by atoms with Crippen molar-refractivity contribution in [3.63, 3.8) is 0 Å². The van der Waals surface area contributed by atoms with Gasteiger partial charge in [0, 0.05) is 24.8 Å². The predicted molar refractivity (Wildman–Crippen MR) is 65.0 cm³/mol. The predicted octanol–water partition coefficient (Wildman–Crippen LogP) is 2.44. The largest absolute Gasteiger partial charge is 0.356 e. The molecule has 0 spiro atoms. The van der Waals surface area contributed by atoms with Gasteiger partial charge in [-0.2, -0.15) is 0 Å². The molecule has 3 nitrogen and oxygen atoms in total. The number of aromatic nitrogens is 1. The zero-order valence-corrected chi connectivity index (χ0v) is 10.1. The lowest BCUT2D eigenvalue weighted by molar-refractivity contribution is 0.112. The van der Waals surface area contributed by atoms with Crippen molar-refractivity contribution in [2.45, 2.75) is 32.7 Å². The standard InChI is InChI=1S/C13H18N2O/c1-9-6-11(8-16)7-14-13(9)15(3)10(2)12-4-5-12/h6-8,10,12H,4-5H2,1-3H3. The Hall–Kier alpha value is -1.38. The molecule has 1 fully saturated rings. The minimum absolute atomic E-state index is 0.535. The van der Waals surface area contributed by atoms with Crippen molar-refractivity contribution < 1.29 is 4.79 Å². The molecule has 1 unspecified atom stereocenters. The summed E-state index contributed by atoms with van der Waals surface area (Å²) in [5, 5.41) is 0. The second-order valence-electron chi connectivity index (χ2n) is 4.72. The van der Waals surface area contributed by atoms with Crippen LogP contribution < -0.4 is 4.90 Å². The molecule has 0 bridgehead atoms. The van der Waals surface area contributed by atoms with Crippen LogP contribution in [0.5, 0.6) is 0 Å². The zero-order chi connectivity index (χ0) is 11.7. The van der Waals surface area contributed by atoms with Gasteiger partial charge in [-0.05, 0) is 44.2 Å². The lowest BCUT2D eigenvalue weighted by atomic mass is 10.1. The smallest absolute Gasteiger partial charge is 0.151 e. The van der Waals surface area contributed by atoms with E-state index in [0.29, 0.717) is 11.6 Å². The number of aldehydes is 1. The Labute approximate surface area is 96.5 Å². The molecule has 0 aromatic carbocycles. The maximum absolute atomic E-state index is 10.6. The van der Waals surface area contributed by atoms with E-state index in [1.807, 2.05) is 13.0 Å². The summed E-state index contributed by atoms with van der Waals surface area (Å²) < 4.78 is 0. The van der Waals surface area contributed by atoms with E-state index in [2.05, 4.69) is 23.9 Å². The SMILES string of the molecule is Cc1cc(C=O)cnc1N(C)C(C)C1CC1. The minimum Gasteiger partial charge on any atom is -0.356 e. The van der Waals surface area contributed by atoms with E-state index >= 15 is 0 Å². The van der Waals surface area contributed by atoms with E-state index in [-0.39, 0.29) is 0 Å². The second-order valence-corrected chi connectivity index (χ2v) is 4.72. The van der Waals surface area contributed by atoms with Crippen molar-refractivity contribution in [1.82, 2.24) is 4.98 Å². The molecule has 0 aliphatic heterocycles. The molecule has 1 aliphatic carbocycles. The van der Waals surface area contributed by atoms with Crippen molar-refractivity contribution in [2.24, 2.45) is 5.92 Å². The second kappa shape index (κ2) is 4.24. The highest BCUT2D eigenvalue weighted by Gasteiger charge is 2.31. The molecule has 3 heteroatoms. The maximum Gasteiger partial charge on any atom is 0.151 e. The van der Waals surface area contributed by atoms with E-state index in [1.54, 1.807) is 6.20 Å². The maximum atomic E-state index is 10.6. The molecular weight excluding hydrogens is 200 g/mol. The fourth-order valence-electron chi connectivity index (χ4n) is 2.11. The van der Waals surface area contributed by atoms with Crippen LogP contribution in [0.25, 0.3) is 0 Å². The van der Waals surface area contributed by atoms with E-state index < -0.39 is 0 Å². The number of pyridine rings is 1. The highest BCUT2D eigenvalue weighted by atomic mass is 16.1. The van der Waals surface area contributed by atoms with Gasteiger partial charge in [0.2, 0.25) is 0 Å². The Morgan fingerprint density at radius 3 is 2.75 bits per heavy atom. The van der Waals surface area contributed by atoms with Gasteiger partial charge >= 0.3 is 0 Å². The summed E-state index contributed by atoms with van der Waals surface area (Å²) in [5.41, 5.74) is 1.72. The first-order valence-electron chi connectivity index (χ1n) is 5.78. The Balaban J connectivity index is 2.21. The van der Waals surface area contributed by atoms with Gasteiger partial charge in [0.1, 0.15) is 5.82 Å². The molecule has 1 atom stereocenters. The van der Waals surface area contributed by atoms with Crippen molar-refractivity contribution in [3.8, 4) is 0 Å². The van der Waals surface area contributed by atoms with Crippen LogP contribution in [0.15, 0.2) is 12.3 Å². The number of aryl methyl sites for hydroxylation is 1.